The van der Waals surface area contributed by atoms with Gasteiger partial charge in [-0.2, -0.15) is 0 Å². The summed E-state index contributed by atoms with van der Waals surface area (Å²) >= 11 is 0. The molecule has 3 unspecified atom stereocenters. The number of hydrogen-bond donors (Lipinski definition) is 3. The van der Waals surface area contributed by atoms with E-state index in [1.807, 2.05) is 0 Å². The first kappa shape index (κ1) is 11.3. The van der Waals surface area contributed by atoms with Gasteiger partial charge in [0, 0.05) is 5.56 Å². The first-order valence-electron chi connectivity index (χ1n) is 6.25. The van der Waals surface area contributed by atoms with E-state index >= 15 is 0 Å². The number of rotatable bonds is 3. The Kier molecular flexibility index (Phi) is 2.63. The Morgan fingerprint density at radius 1 is 1.39 bits per heavy atom. The monoisotopic (exact) mass is 247 g/mol. The van der Waals surface area contributed by atoms with Crippen LogP contribution in [0.5, 0.6) is 0 Å². The molecule has 2 fully saturated rings. The number of anilines is 2. The Hall–Kier alpha value is -1.75. The van der Waals surface area contributed by atoms with E-state index in [-0.39, 0.29) is 12.1 Å². The van der Waals surface area contributed by atoms with Gasteiger partial charge in [0.1, 0.15) is 0 Å². The molecule has 0 aromatic heterocycles. The molecule has 96 valence electrons. The molecule has 18 heavy (non-hydrogen) atoms. The number of benzene rings is 1. The van der Waals surface area contributed by atoms with Crippen molar-refractivity contribution in [1.29, 1.82) is 0 Å². The molecule has 2 saturated heterocycles. The summed E-state index contributed by atoms with van der Waals surface area (Å²) in [5.74, 6) is -0.442. The van der Waals surface area contributed by atoms with Crippen molar-refractivity contribution in [2.24, 2.45) is 5.73 Å². The van der Waals surface area contributed by atoms with Crippen LogP contribution in [0.25, 0.3) is 0 Å². The highest BCUT2D eigenvalue weighted by molar-refractivity contribution is 5.94. The van der Waals surface area contributed by atoms with Gasteiger partial charge in [-0.15, -0.1) is 0 Å². The van der Waals surface area contributed by atoms with Crippen LogP contribution < -0.4 is 16.8 Å². The van der Waals surface area contributed by atoms with E-state index in [0.717, 1.165) is 24.9 Å². The molecule has 5 nitrogen and oxygen atoms in total. The van der Waals surface area contributed by atoms with E-state index < -0.39 is 5.91 Å². The first-order chi connectivity index (χ1) is 8.63. The Bertz CT molecular complexity index is 489. The van der Waals surface area contributed by atoms with E-state index in [2.05, 4.69) is 5.32 Å². The topological polar surface area (TPSA) is 90.4 Å². The second kappa shape index (κ2) is 4.17. The maximum Gasteiger partial charge on any atom is 0.248 e. The smallest absolute Gasteiger partial charge is 0.248 e. The summed E-state index contributed by atoms with van der Waals surface area (Å²) in [6.45, 7) is 0. The van der Waals surface area contributed by atoms with Gasteiger partial charge in [-0.05, 0) is 37.5 Å². The molecule has 0 spiro atoms. The molecule has 5 heteroatoms. The number of hydrogen-bond acceptors (Lipinski definition) is 4. The summed E-state index contributed by atoms with van der Waals surface area (Å²) < 4.78 is 5.78. The highest BCUT2D eigenvalue weighted by Gasteiger charge is 2.40. The number of nitrogen functional groups attached to an aromatic ring is 1. The quantitative estimate of drug-likeness (QED) is 0.698. The van der Waals surface area contributed by atoms with Crippen LogP contribution in [0.4, 0.5) is 11.4 Å². The molecule has 2 aliphatic rings. The van der Waals surface area contributed by atoms with Gasteiger partial charge in [0.2, 0.25) is 5.91 Å². The minimum atomic E-state index is -0.442. The lowest BCUT2D eigenvalue weighted by Gasteiger charge is -2.22. The van der Waals surface area contributed by atoms with Crippen molar-refractivity contribution >= 4 is 17.3 Å². The van der Waals surface area contributed by atoms with E-state index in [0.29, 0.717) is 17.4 Å². The number of primary amides is 1. The average Bonchev–Trinajstić information content (AvgIpc) is 2.93. The average molecular weight is 247 g/mol. The third-order valence-electron chi connectivity index (χ3n) is 3.78. The van der Waals surface area contributed by atoms with Crippen LogP contribution in [0.1, 0.15) is 29.6 Å². The molecular weight excluding hydrogens is 230 g/mol. The zero-order chi connectivity index (χ0) is 12.7. The van der Waals surface area contributed by atoms with Crippen molar-refractivity contribution in [2.75, 3.05) is 11.1 Å². The molecule has 2 aliphatic heterocycles. The molecule has 5 N–H and O–H groups in total. The summed E-state index contributed by atoms with van der Waals surface area (Å²) in [5.41, 5.74) is 13.0. The van der Waals surface area contributed by atoms with Crippen molar-refractivity contribution in [3.05, 3.63) is 23.8 Å². The number of fused-ring (bicyclic) bond motifs is 2. The normalized spacial score (nSPS) is 29.4. The third-order valence-corrected chi connectivity index (χ3v) is 3.78. The van der Waals surface area contributed by atoms with Gasteiger partial charge in [-0.3, -0.25) is 4.79 Å². The predicted molar refractivity (Wildman–Crippen MR) is 69.3 cm³/mol. The minimum Gasteiger partial charge on any atom is -0.397 e. The molecule has 3 rings (SSSR count). The van der Waals surface area contributed by atoms with Gasteiger partial charge in [-0.25, -0.2) is 0 Å². The largest absolute Gasteiger partial charge is 0.397 e. The van der Waals surface area contributed by atoms with Gasteiger partial charge < -0.3 is 21.5 Å². The lowest BCUT2D eigenvalue weighted by atomic mass is 9.95. The van der Waals surface area contributed by atoms with Crippen LogP contribution >= 0.6 is 0 Å². The van der Waals surface area contributed by atoms with Crippen LogP contribution in [-0.4, -0.2) is 24.2 Å². The van der Waals surface area contributed by atoms with Crippen LogP contribution in [-0.2, 0) is 4.74 Å². The van der Waals surface area contributed by atoms with Gasteiger partial charge in [0.05, 0.1) is 29.6 Å². The summed E-state index contributed by atoms with van der Waals surface area (Å²) in [6.07, 6.45) is 3.90. The number of amides is 1. The van der Waals surface area contributed by atoms with E-state index in [4.69, 9.17) is 16.2 Å². The Balaban J connectivity index is 1.79. The number of nitrogens with one attached hydrogen (secondary N) is 1. The fourth-order valence-electron chi connectivity index (χ4n) is 2.82. The van der Waals surface area contributed by atoms with E-state index in [9.17, 15) is 4.79 Å². The zero-order valence-corrected chi connectivity index (χ0v) is 10.1. The fourth-order valence-corrected chi connectivity index (χ4v) is 2.82. The molecule has 0 radical (unpaired) electrons. The van der Waals surface area contributed by atoms with E-state index in [1.165, 1.54) is 0 Å². The van der Waals surface area contributed by atoms with Crippen LogP contribution in [0.2, 0.25) is 0 Å². The molecule has 3 atom stereocenters. The Labute approximate surface area is 105 Å². The highest BCUT2D eigenvalue weighted by atomic mass is 16.5. The summed E-state index contributed by atoms with van der Waals surface area (Å²) in [4.78, 5) is 11.2. The van der Waals surface area contributed by atoms with Gasteiger partial charge in [0.15, 0.2) is 0 Å². The second-order valence-corrected chi connectivity index (χ2v) is 5.03. The number of carbonyl (C=O) groups excluding carboxylic acids is 1. The lowest BCUT2D eigenvalue weighted by molar-refractivity contribution is 0.1000. The SMILES string of the molecule is NC(=O)c1ccc(N)c(NC2CC3CCC2O3)c1. The summed E-state index contributed by atoms with van der Waals surface area (Å²) in [6, 6.07) is 5.34. The maximum absolute atomic E-state index is 11.2. The lowest BCUT2D eigenvalue weighted by Crippen LogP contribution is -2.30. The minimum absolute atomic E-state index is 0.270. The van der Waals surface area contributed by atoms with Gasteiger partial charge >= 0.3 is 0 Å². The second-order valence-electron chi connectivity index (χ2n) is 5.03. The number of carbonyl (C=O) groups is 1. The van der Waals surface area contributed by atoms with Crippen molar-refractivity contribution in [3.63, 3.8) is 0 Å². The predicted octanol–water partition coefficient (Wildman–Crippen LogP) is 1.10. The van der Waals surface area contributed by atoms with Crippen molar-refractivity contribution in [3.8, 4) is 0 Å². The highest BCUT2D eigenvalue weighted by Crippen LogP contribution is 2.36. The van der Waals surface area contributed by atoms with Gasteiger partial charge in [-0.1, -0.05) is 0 Å². The van der Waals surface area contributed by atoms with Crippen molar-refractivity contribution in [2.45, 2.75) is 37.5 Å². The summed E-state index contributed by atoms with van der Waals surface area (Å²) in [7, 11) is 0. The fraction of sp³-hybridized carbons (Fsp3) is 0.462. The van der Waals surface area contributed by atoms with Crippen LogP contribution in [0.15, 0.2) is 18.2 Å². The molecule has 1 aromatic rings. The number of nitrogens with two attached hydrogens (primary N) is 2. The third kappa shape index (κ3) is 1.90. The molecule has 0 saturated carbocycles. The van der Waals surface area contributed by atoms with E-state index in [1.54, 1.807) is 18.2 Å². The molecule has 2 bridgehead atoms. The van der Waals surface area contributed by atoms with Crippen LogP contribution in [0.3, 0.4) is 0 Å². The Morgan fingerprint density at radius 3 is 2.83 bits per heavy atom. The standard InChI is InChI=1S/C13H17N3O2/c14-9-3-1-7(13(15)17)5-10(9)16-11-6-8-2-4-12(11)18-8/h1,3,5,8,11-12,16H,2,4,6,14H2,(H2,15,17). The summed E-state index contributed by atoms with van der Waals surface area (Å²) in [5, 5.41) is 3.38. The number of ether oxygens (including phenoxy) is 1. The van der Waals surface area contributed by atoms with Crippen molar-refractivity contribution < 1.29 is 9.53 Å². The van der Waals surface area contributed by atoms with Crippen LogP contribution in [0, 0.1) is 0 Å². The molecular formula is C13H17N3O2. The first-order valence-corrected chi connectivity index (χ1v) is 6.25. The molecule has 0 aliphatic carbocycles. The molecule has 1 amide bonds. The molecule has 1 aromatic carbocycles. The van der Waals surface area contributed by atoms with Crippen molar-refractivity contribution in [1.82, 2.24) is 0 Å². The zero-order valence-electron chi connectivity index (χ0n) is 10.1. The Morgan fingerprint density at radius 2 is 2.22 bits per heavy atom. The van der Waals surface area contributed by atoms with Gasteiger partial charge in [0.25, 0.3) is 0 Å². The molecule has 2 heterocycles. The maximum atomic E-state index is 11.2.